The third-order valence-electron chi connectivity index (χ3n) is 3.78. The topological polar surface area (TPSA) is 29.9 Å². The zero-order valence-electron chi connectivity index (χ0n) is 10.4. The largest absolute Gasteiger partial charge is 0.334 e. The fourth-order valence-electron chi connectivity index (χ4n) is 2.27. The van der Waals surface area contributed by atoms with Gasteiger partial charge in [0.2, 0.25) is 0 Å². The van der Waals surface area contributed by atoms with Gasteiger partial charge in [0.15, 0.2) is 0 Å². The van der Waals surface area contributed by atoms with E-state index < -0.39 is 0 Å². The Labute approximate surface area is 98.3 Å². The smallest absolute Gasteiger partial charge is 0.0948 e. The second kappa shape index (κ2) is 5.48. The van der Waals surface area contributed by atoms with Crippen molar-refractivity contribution in [2.45, 2.75) is 39.2 Å². The standard InChI is InChI=1S/C13H23N3/c1-3-11(2)8-15-9-12-6-13(7-12)16-5-4-14-10-16/h4-5,10-13,15H,3,6-9H2,1-2H3. The highest BCUT2D eigenvalue weighted by molar-refractivity contribution is 4.90. The molecule has 1 N–H and O–H groups in total. The number of nitrogens with one attached hydrogen (secondary N) is 1. The van der Waals surface area contributed by atoms with Gasteiger partial charge in [0.05, 0.1) is 6.33 Å². The van der Waals surface area contributed by atoms with Crippen molar-refractivity contribution >= 4 is 0 Å². The van der Waals surface area contributed by atoms with E-state index in [-0.39, 0.29) is 0 Å². The van der Waals surface area contributed by atoms with Crippen molar-refractivity contribution in [1.29, 1.82) is 0 Å². The molecule has 0 spiro atoms. The van der Waals surface area contributed by atoms with Crippen LogP contribution in [-0.2, 0) is 0 Å². The van der Waals surface area contributed by atoms with E-state index in [1.807, 2.05) is 12.5 Å². The summed E-state index contributed by atoms with van der Waals surface area (Å²) in [6, 6.07) is 0.706. The molecular formula is C13H23N3. The van der Waals surface area contributed by atoms with Crippen LogP contribution in [0.25, 0.3) is 0 Å². The van der Waals surface area contributed by atoms with E-state index >= 15 is 0 Å². The second-order valence-electron chi connectivity index (χ2n) is 5.17. The molecule has 0 radical (unpaired) electrons. The van der Waals surface area contributed by atoms with Crippen LogP contribution in [0.4, 0.5) is 0 Å². The van der Waals surface area contributed by atoms with E-state index in [2.05, 4.69) is 34.9 Å². The number of hydrogen-bond donors (Lipinski definition) is 1. The van der Waals surface area contributed by atoms with Gasteiger partial charge in [0.1, 0.15) is 0 Å². The molecule has 0 amide bonds. The van der Waals surface area contributed by atoms with Gasteiger partial charge in [-0.2, -0.15) is 0 Å². The zero-order chi connectivity index (χ0) is 11.4. The van der Waals surface area contributed by atoms with Gasteiger partial charge in [-0.3, -0.25) is 0 Å². The number of nitrogens with zero attached hydrogens (tertiary/aromatic N) is 2. The van der Waals surface area contributed by atoms with Crippen LogP contribution < -0.4 is 5.32 Å². The van der Waals surface area contributed by atoms with Crippen molar-refractivity contribution in [1.82, 2.24) is 14.9 Å². The summed E-state index contributed by atoms with van der Waals surface area (Å²) in [6.07, 6.45) is 9.78. The van der Waals surface area contributed by atoms with Crippen LogP contribution in [0.3, 0.4) is 0 Å². The molecule has 1 saturated carbocycles. The molecular weight excluding hydrogens is 198 g/mol. The summed E-state index contributed by atoms with van der Waals surface area (Å²) in [7, 11) is 0. The molecule has 2 rings (SSSR count). The minimum atomic E-state index is 0.706. The Bertz CT molecular complexity index is 288. The first-order valence-corrected chi connectivity index (χ1v) is 6.47. The quantitative estimate of drug-likeness (QED) is 0.799. The number of aromatic nitrogens is 2. The minimum Gasteiger partial charge on any atom is -0.334 e. The predicted molar refractivity (Wildman–Crippen MR) is 66.3 cm³/mol. The SMILES string of the molecule is CCC(C)CNCC1CC(n2ccnc2)C1. The van der Waals surface area contributed by atoms with E-state index in [9.17, 15) is 0 Å². The molecule has 1 aliphatic carbocycles. The first-order valence-electron chi connectivity index (χ1n) is 6.47. The van der Waals surface area contributed by atoms with Gasteiger partial charge in [-0.15, -0.1) is 0 Å². The van der Waals surface area contributed by atoms with Crippen molar-refractivity contribution < 1.29 is 0 Å². The first-order chi connectivity index (χ1) is 7.79. The van der Waals surface area contributed by atoms with Crippen LogP contribution in [0, 0.1) is 11.8 Å². The molecule has 1 atom stereocenters. The van der Waals surface area contributed by atoms with Crippen molar-refractivity contribution in [3.8, 4) is 0 Å². The summed E-state index contributed by atoms with van der Waals surface area (Å²) in [4.78, 5) is 4.09. The second-order valence-corrected chi connectivity index (χ2v) is 5.17. The van der Waals surface area contributed by atoms with Gasteiger partial charge in [-0.1, -0.05) is 20.3 Å². The highest BCUT2D eigenvalue weighted by Crippen LogP contribution is 2.36. The van der Waals surface area contributed by atoms with Crippen molar-refractivity contribution in [3.63, 3.8) is 0 Å². The zero-order valence-corrected chi connectivity index (χ0v) is 10.4. The summed E-state index contributed by atoms with van der Waals surface area (Å²) < 4.78 is 2.24. The number of rotatable bonds is 6. The maximum Gasteiger partial charge on any atom is 0.0948 e. The highest BCUT2D eigenvalue weighted by atomic mass is 15.1. The molecule has 90 valence electrons. The molecule has 1 heterocycles. The third-order valence-corrected chi connectivity index (χ3v) is 3.78. The van der Waals surface area contributed by atoms with Gasteiger partial charge < -0.3 is 9.88 Å². The van der Waals surface area contributed by atoms with E-state index in [0.29, 0.717) is 6.04 Å². The lowest BCUT2D eigenvalue weighted by molar-refractivity contribution is 0.191. The summed E-state index contributed by atoms with van der Waals surface area (Å²) in [5, 5.41) is 3.58. The summed E-state index contributed by atoms with van der Waals surface area (Å²) in [5.41, 5.74) is 0. The molecule has 0 saturated heterocycles. The lowest BCUT2D eigenvalue weighted by Gasteiger charge is -2.36. The molecule has 0 bridgehead atoms. The van der Waals surface area contributed by atoms with Gasteiger partial charge in [-0.25, -0.2) is 4.98 Å². The average molecular weight is 221 g/mol. The molecule has 0 aliphatic heterocycles. The molecule has 1 aromatic rings. The van der Waals surface area contributed by atoms with Crippen LogP contribution in [0.1, 0.15) is 39.2 Å². The Morgan fingerprint density at radius 3 is 2.94 bits per heavy atom. The Balaban J connectivity index is 1.59. The lowest BCUT2D eigenvalue weighted by Crippen LogP contribution is -2.35. The van der Waals surface area contributed by atoms with Crippen LogP contribution in [0.2, 0.25) is 0 Å². The van der Waals surface area contributed by atoms with Gasteiger partial charge in [-0.05, 0) is 37.8 Å². The lowest BCUT2D eigenvalue weighted by atomic mass is 9.80. The molecule has 16 heavy (non-hydrogen) atoms. The molecule has 3 heteroatoms. The van der Waals surface area contributed by atoms with Crippen molar-refractivity contribution in [2.24, 2.45) is 11.8 Å². The van der Waals surface area contributed by atoms with Crippen LogP contribution in [0.5, 0.6) is 0 Å². The van der Waals surface area contributed by atoms with Crippen LogP contribution >= 0.6 is 0 Å². The van der Waals surface area contributed by atoms with Crippen LogP contribution in [-0.4, -0.2) is 22.6 Å². The molecule has 1 aliphatic rings. The summed E-state index contributed by atoms with van der Waals surface area (Å²) >= 11 is 0. The highest BCUT2D eigenvalue weighted by Gasteiger charge is 2.29. The maximum atomic E-state index is 4.09. The maximum absolute atomic E-state index is 4.09. The molecule has 1 unspecified atom stereocenters. The number of hydrogen-bond acceptors (Lipinski definition) is 2. The van der Waals surface area contributed by atoms with Gasteiger partial charge >= 0.3 is 0 Å². The Kier molecular flexibility index (Phi) is 3.99. The predicted octanol–water partition coefficient (Wildman–Crippen LogP) is 2.47. The molecule has 0 aromatic carbocycles. The fourth-order valence-corrected chi connectivity index (χ4v) is 2.27. The minimum absolute atomic E-state index is 0.706. The third kappa shape index (κ3) is 2.85. The van der Waals surface area contributed by atoms with Crippen LogP contribution in [0.15, 0.2) is 18.7 Å². The van der Waals surface area contributed by atoms with Gasteiger partial charge in [0, 0.05) is 18.4 Å². The van der Waals surface area contributed by atoms with Gasteiger partial charge in [0.25, 0.3) is 0 Å². The first kappa shape index (κ1) is 11.6. The normalized spacial score (nSPS) is 26.4. The van der Waals surface area contributed by atoms with E-state index in [1.54, 1.807) is 0 Å². The Morgan fingerprint density at radius 1 is 1.50 bits per heavy atom. The Morgan fingerprint density at radius 2 is 2.31 bits per heavy atom. The molecule has 3 nitrogen and oxygen atoms in total. The Hall–Kier alpha value is -0.830. The fraction of sp³-hybridized carbons (Fsp3) is 0.769. The van der Waals surface area contributed by atoms with E-state index in [4.69, 9.17) is 0 Å². The number of imidazole rings is 1. The summed E-state index contributed by atoms with van der Waals surface area (Å²) in [5.74, 6) is 1.68. The molecule has 1 fully saturated rings. The van der Waals surface area contributed by atoms with E-state index in [0.717, 1.165) is 11.8 Å². The monoisotopic (exact) mass is 221 g/mol. The van der Waals surface area contributed by atoms with Crippen molar-refractivity contribution in [3.05, 3.63) is 18.7 Å². The van der Waals surface area contributed by atoms with Crippen molar-refractivity contribution in [2.75, 3.05) is 13.1 Å². The average Bonchev–Trinajstić information content (AvgIpc) is 2.74. The summed E-state index contributed by atoms with van der Waals surface area (Å²) in [6.45, 7) is 6.92. The van der Waals surface area contributed by atoms with E-state index in [1.165, 1.54) is 32.4 Å². The molecule has 1 aromatic heterocycles.